The average Bonchev–Trinajstić information content (AvgIpc) is 3.32. The minimum absolute atomic E-state index is 0.112. The zero-order valence-electron chi connectivity index (χ0n) is 19.3. The van der Waals surface area contributed by atoms with Gasteiger partial charge in [-0.1, -0.05) is 42.5 Å². The maximum Gasteiger partial charge on any atom is 0.173 e. The minimum Gasteiger partial charge on any atom is -0.461 e. The maximum absolute atomic E-state index is 14.2. The third-order valence-electron chi connectivity index (χ3n) is 5.85. The summed E-state index contributed by atoms with van der Waals surface area (Å²) in [5.74, 6) is -0.777. The molecule has 0 aliphatic heterocycles. The molecule has 0 atom stereocenters. The molecular formula is C28H26F3NO3. The molecule has 0 saturated heterocycles. The molecule has 3 aromatic carbocycles. The van der Waals surface area contributed by atoms with Crippen LogP contribution < -0.4 is 0 Å². The van der Waals surface area contributed by atoms with Gasteiger partial charge in [0.15, 0.2) is 5.60 Å². The van der Waals surface area contributed by atoms with E-state index in [2.05, 4.69) is 0 Å². The monoisotopic (exact) mass is 481 g/mol. The van der Waals surface area contributed by atoms with Gasteiger partial charge in [-0.2, -0.15) is 0 Å². The Balaban J connectivity index is 1.67. The molecule has 1 heterocycles. The Morgan fingerprint density at radius 1 is 0.829 bits per heavy atom. The first-order chi connectivity index (χ1) is 16.9. The number of aliphatic hydroxyl groups is 1. The molecule has 0 aliphatic rings. The van der Waals surface area contributed by atoms with Crippen molar-refractivity contribution in [1.82, 2.24) is 4.90 Å². The average molecular weight is 482 g/mol. The van der Waals surface area contributed by atoms with Crippen molar-refractivity contribution >= 4 is 0 Å². The van der Waals surface area contributed by atoms with Gasteiger partial charge >= 0.3 is 0 Å². The normalized spacial score (nSPS) is 11.8. The van der Waals surface area contributed by atoms with Crippen LogP contribution in [0.25, 0.3) is 0 Å². The van der Waals surface area contributed by atoms with E-state index in [1.165, 1.54) is 42.5 Å². The molecule has 4 nitrogen and oxygen atoms in total. The van der Waals surface area contributed by atoms with Gasteiger partial charge in [-0.05, 0) is 53.6 Å². The van der Waals surface area contributed by atoms with Crippen LogP contribution in [0.5, 0.6) is 0 Å². The van der Waals surface area contributed by atoms with Gasteiger partial charge < -0.3 is 14.3 Å². The zero-order chi connectivity index (χ0) is 24.8. The van der Waals surface area contributed by atoms with Crippen LogP contribution >= 0.6 is 0 Å². The number of rotatable bonds is 10. The molecule has 0 bridgehead atoms. The van der Waals surface area contributed by atoms with E-state index in [1.54, 1.807) is 49.6 Å². The Morgan fingerprint density at radius 2 is 1.49 bits per heavy atom. The molecule has 0 spiro atoms. The second kappa shape index (κ2) is 10.9. The summed E-state index contributed by atoms with van der Waals surface area (Å²) in [6.07, 6.45) is 0. The summed E-state index contributed by atoms with van der Waals surface area (Å²) >= 11 is 0. The van der Waals surface area contributed by atoms with E-state index in [9.17, 15) is 18.3 Å². The van der Waals surface area contributed by atoms with Crippen LogP contribution in [0, 0.1) is 17.5 Å². The minimum atomic E-state index is -1.93. The smallest absolute Gasteiger partial charge is 0.173 e. The molecule has 35 heavy (non-hydrogen) atoms. The van der Waals surface area contributed by atoms with Crippen LogP contribution in [0.15, 0.2) is 89.3 Å². The summed E-state index contributed by atoms with van der Waals surface area (Å²) in [5, 5.41) is 11.8. The highest BCUT2D eigenvalue weighted by Crippen LogP contribution is 2.38. The first kappa shape index (κ1) is 24.7. The number of halogens is 3. The van der Waals surface area contributed by atoms with Crippen LogP contribution in [-0.2, 0) is 23.4 Å². The number of furan rings is 1. The summed E-state index contributed by atoms with van der Waals surface area (Å²) in [5.41, 5.74) is -0.990. The standard InChI is InChI=1S/C28H26F3NO3/c1-34-15-14-32(18-20-6-2-3-11-26(20)31)19-25-12-13-27(35-25)28(33,21-7-4-9-23(29)16-21)22-8-5-10-24(30)17-22/h2-13,16-17,33H,14-15,18-19H2,1H3. The van der Waals surface area contributed by atoms with Gasteiger partial charge in [0.05, 0.1) is 13.2 Å². The molecule has 0 unspecified atom stereocenters. The van der Waals surface area contributed by atoms with Gasteiger partial charge in [0, 0.05) is 25.8 Å². The van der Waals surface area contributed by atoms with Gasteiger partial charge in [0.2, 0.25) is 0 Å². The number of hydrogen-bond acceptors (Lipinski definition) is 4. The predicted molar refractivity (Wildman–Crippen MR) is 126 cm³/mol. The van der Waals surface area contributed by atoms with E-state index >= 15 is 0 Å². The van der Waals surface area contributed by atoms with E-state index in [-0.39, 0.29) is 22.7 Å². The van der Waals surface area contributed by atoms with E-state index in [0.29, 0.717) is 37.6 Å². The van der Waals surface area contributed by atoms with Gasteiger partial charge in [-0.15, -0.1) is 0 Å². The summed E-state index contributed by atoms with van der Waals surface area (Å²) < 4.78 is 53.6. The lowest BCUT2D eigenvalue weighted by molar-refractivity contribution is 0.0925. The van der Waals surface area contributed by atoms with E-state index in [0.717, 1.165) is 0 Å². The summed E-state index contributed by atoms with van der Waals surface area (Å²) in [6, 6.07) is 20.8. The highest BCUT2D eigenvalue weighted by Gasteiger charge is 2.38. The molecule has 1 N–H and O–H groups in total. The van der Waals surface area contributed by atoms with Crippen molar-refractivity contribution in [3.05, 3.63) is 131 Å². The molecular weight excluding hydrogens is 455 g/mol. The molecule has 4 aromatic rings. The lowest BCUT2D eigenvalue weighted by atomic mass is 9.84. The Labute approximate surface area is 202 Å². The second-order valence-electron chi connectivity index (χ2n) is 8.29. The molecule has 0 fully saturated rings. The number of methoxy groups -OCH3 is 1. The van der Waals surface area contributed by atoms with E-state index in [4.69, 9.17) is 9.15 Å². The quantitative estimate of drug-likeness (QED) is 0.319. The predicted octanol–water partition coefficient (Wildman–Crippen LogP) is 5.63. The summed E-state index contributed by atoms with van der Waals surface area (Å²) in [6.45, 7) is 1.57. The number of hydrogen-bond donors (Lipinski definition) is 1. The summed E-state index contributed by atoms with van der Waals surface area (Å²) in [4.78, 5) is 1.95. The van der Waals surface area contributed by atoms with E-state index < -0.39 is 17.2 Å². The molecule has 1 aromatic heterocycles. The fraction of sp³-hybridized carbons (Fsp3) is 0.214. The summed E-state index contributed by atoms with van der Waals surface area (Å²) in [7, 11) is 1.59. The molecule has 0 aliphatic carbocycles. The van der Waals surface area contributed by atoms with Crippen molar-refractivity contribution in [2.45, 2.75) is 18.7 Å². The molecule has 7 heteroatoms. The van der Waals surface area contributed by atoms with Crippen LogP contribution in [0.2, 0.25) is 0 Å². The first-order valence-electron chi connectivity index (χ1n) is 11.2. The Bertz CT molecular complexity index is 1230. The van der Waals surface area contributed by atoms with Gasteiger partial charge in [0.25, 0.3) is 0 Å². The Kier molecular flexibility index (Phi) is 7.70. The van der Waals surface area contributed by atoms with Gasteiger partial charge in [-0.25, -0.2) is 13.2 Å². The topological polar surface area (TPSA) is 45.8 Å². The lowest BCUT2D eigenvalue weighted by Gasteiger charge is -2.27. The highest BCUT2D eigenvalue weighted by molar-refractivity contribution is 5.44. The van der Waals surface area contributed by atoms with Gasteiger partial charge in [-0.3, -0.25) is 4.90 Å². The highest BCUT2D eigenvalue weighted by atomic mass is 19.1. The van der Waals surface area contributed by atoms with Crippen molar-refractivity contribution < 1.29 is 27.4 Å². The molecule has 0 amide bonds. The molecule has 4 rings (SSSR count). The van der Waals surface area contributed by atoms with Gasteiger partial charge in [0.1, 0.15) is 29.0 Å². The SMILES string of the molecule is COCCN(Cc1ccc(C(O)(c2cccc(F)c2)c2cccc(F)c2)o1)Cc1ccccc1F. The molecule has 0 saturated carbocycles. The second-order valence-corrected chi connectivity index (χ2v) is 8.29. The number of ether oxygens (including phenoxy) is 1. The largest absolute Gasteiger partial charge is 0.461 e. The van der Waals surface area contributed by atoms with Crippen LogP contribution in [-0.4, -0.2) is 30.3 Å². The number of benzene rings is 3. The fourth-order valence-electron chi connectivity index (χ4n) is 4.06. The van der Waals surface area contributed by atoms with Crippen LogP contribution in [0.4, 0.5) is 13.2 Å². The van der Waals surface area contributed by atoms with Crippen molar-refractivity contribution in [1.29, 1.82) is 0 Å². The molecule has 182 valence electrons. The van der Waals surface area contributed by atoms with Crippen molar-refractivity contribution in [3.8, 4) is 0 Å². The van der Waals surface area contributed by atoms with E-state index in [1.807, 2.05) is 4.90 Å². The maximum atomic E-state index is 14.2. The van der Waals surface area contributed by atoms with Crippen molar-refractivity contribution in [3.63, 3.8) is 0 Å². The van der Waals surface area contributed by atoms with Crippen molar-refractivity contribution in [2.75, 3.05) is 20.3 Å². The fourth-order valence-corrected chi connectivity index (χ4v) is 4.06. The van der Waals surface area contributed by atoms with Crippen LogP contribution in [0.1, 0.15) is 28.2 Å². The lowest BCUT2D eigenvalue weighted by Crippen LogP contribution is -2.29. The Morgan fingerprint density at radius 3 is 2.09 bits per heavy atom. The zero-order valence-corrected chi connectivity index (χ0v) is 19.3. The third kappa shape index (κ3) is 5.65. The number of nitrogens with zero attached hydrogens (tertiary/aromatic N) is 1. The third-order valence-corrected chi connectivity index (χ3v) is 5.85. The van der Waals surface area contributed by atoms with Crippen molar-refractivity contribution in [2.24, 2.45) is 0 Å². The first-order valence-corrected chi connectivity index (χ1v) is 11.2. The molecule has 0 radical (unpaired) electrons. The van der Waals surface area contributed by atoms with Crippen LogP contribution in [0.3, 0.4) is 0 Å². The Hall–Kier alpha value is -3.39.